The van der Waals surface area contributed by atoms with Gasteiger partial charge in [0.15, 0.2) is 0 Å². The molecule has 0 aromatic heterocycles. The third kappa shape index (κ3) is 1.64. The molecule has 0 amide bonds. The van der Waals surface area contributed by atoms with E-state index in [0.717, 1.165) is 0 Å². The van der Waals surface area contributed by atoms with Crippen molar-refractivity contribution in [1.82, 2.24) is 0 Å². The Hall–Kier alpha value is 1.02. The second-order valence-corrected chi connectivity index (χ2v) is 7.28. The molecule has 32 valence electrons. The van der Waals surface area contributed by atoms with Crippen molar-refractivity contribution in [1.29, 1.82) is 0 Å². The third-order valence-electron chi connectivity index (χ3n) is 0.957. The second-order valence-electron chi connectivity index (χ2n) is 1.50. The van der Waals surface area contributed by atoms with Crippen molar-refractivity contribution in [3.05, 3.63) is 0 Å². The molecule has 0 spiro atoms. The van der Waals surface area contributed by atoms with Gasteiger partial charge in [0.25, 0.3) is 0 Å². The molecule has 0 nitrogen and oxygen atoms in total. The third-order valence-corrected chi connectivity index (χ3v) is 8.46. The van der Waals surface area contributed by atoms with Gasteiger partial charge in [-0.15, -0.1) is 0 Å². The van der Waals surface area contributed by atoms with Crippen molar-refractivity contribution < 1.29 is 0 Å². The van der Waals surface area contributed by atoms with Crippen LogP contribution >= 0.6 is 0 Å². The van der Waals surface area contributed by atoms with E-state index in [1.165, 1.54) is 9.52 Å². The standard InChI is InChI=1S/C4H8Si.Sn/c1-3-5-4-2;/h1-4H2;. The van der Waals surface area contributed by atoms with Crippen LogP contribution in [0.25, 0.3) is 0 Å². The zero-order chi connectivity index (χ0) is 4.24. The predicted molar refractivity (Wildman–Crippen MR) is 30.7 cm³/mol. The summed E-state index contributed by atoms with van der Waals surface area (Å²) in [6.07, 6.45) is 0. The molecule has 0 aromatic rings. The van der Waals surface area contributed by atoms with Crippen molar-refractivity contribution >= 4 is 30.7 Å². The van der Waals surface area contributed by atoms with Crippen LogP contribution in [0.1, 0.15) is 0 Å². The average molecular weight is 203 g/mol. The summed E-state index contributed by atoms with van der Waals surface area (Å²) < 4.78 is 3.36. The molecule has 0 N–H and O–H groups in total. The van der Waals surface area contributed by atoms with E-state index in [4.69, 9.17) is 0 Å². The predicted octanol–water partition coefficient (Wildman–Crippen LogP) is 1.08. The van der Waals surface area contributed by atoms with E-state index in [1.807, 2.05) is 0 Å². The summed E-state index contributed by atoms with van der Waals surface area (Å²) in [4.78, 5) is 0. The molecule has 0 saturated carbocycles. The Morgan fingerprint density at radius 1 is 1.17 bits per heavy atom. The van der Waals surface area contributed by atoms with Gasteiger partial charge in [-0.1, -0.05) is 0 Å². The monoisotopic (exact) mass is 204 g/mol. The molecular formula is C4H8SiSn. The van der Waals surface area contributed by atoms with Gasteiger partial charge in [-0.2, -0.15) is 0 Å². The fraction of sp³-hybridized carbons (Fsp3) is 1.00. The van der Waals surface area contributed by atoms with Crippen LogP contribution in [0.4, 0.5) is 0 Å². The van der Waals surface area contributed by atoms with Crippen molar-refractivity contribution in [3.8, 4) is 0 Å². The molecule has 0 unspecified atom stereocenters. The van der Waals surface area contributed by atoms with E-state index in [2.05, 4.69) is 0 Å². The van der Waals surface area contributed by atoms with Crippen molar-refractivity contribution in [2.24, 2.45) is 0 Å². The quantitative estimate of drug-likeness (QED) is 0.516. The summed E-state index contributed by atoms with van der Waals surface area (Å²) in [6, 6.07) is 3.21. The first-order valence-corrected chi connectivity index (χ1v) is 7.86. The van der Waals surface area contributed by atoms with Gasteiger partial charge < -0.3 is 0 Å². The molecule has 1 rings (SSSR count). The van der Waals surface area contributed by atoms with E-state index in [-0.39, 0.29) is 0 Å². The summed E-state index contributed by atoms with van der Waals surface area (Å²) in [5.41, 5.74) is 0. The Morgan fingerprint density at radius 2 is 1.83 bits per heavy atom. The second kappa shape index (κ2) is 3.07. The number of hydrogen-bond acceptors (Lipinski definition) is 0. The van der Waals surface area contributed by atoms with E-state index < -0.39 is 0 Å². The molecular weight excluding hydrogens is 195 g/mol. The fourth-order valence-electron chi connectivity index (χ4n) is 0.604. The molecule has 0 aromatic carbocycles. The SMILES string of the molecule is C1[CH2][Sn][CH2]C[Si]1. The molecule has 0 atom stereocenters. The summed E-state index contributed by atoms with van der Waals surface area (Å²) >= 11 is 0.293. The zero-order valence-corrected chi connectivity index (χ0v) is 7.68. The van der Waals surface area contributed by atoms with Crippen LogP contribution in [0.15, 0.2) is 0 Å². The molecule has 1 heterocycles. The Labute approximate surface area is 51.7 Å². The summed E-state index contributed by atoms with van der Waals surface area (Å²) in [5, 5.41) is 0. The maximum atomic E-state index is 1.68. The van der Waals surface area contributed by atoms with E-state index >= 15 is 0 Å². The Bertz CT molecular complexity index is 23.0. The minimum atomic E-state index is 0.293. The van der Waals surface area contributed by atoms with Gasteiger partial charge in [-0.3, -0.25) is 0 Å². The van der Waals surface area contributed by atoms with Crippen LogP contribution in [0, 0.1) is 0 Å². The number of rotatable bonds is 0. The first-order chi connectivity index (χ1) is 3.00. The van der Waals surface area contributed by atoms with E-state index in [0.29, 0.717) is 21.1 Å². The van der Waals surface area contributed by atoms with Gasteiger partial charge in [0.1, 0.15) is 0 Å². The molecule has 6 heavy (non-hydrogen) atoms. The Morgan fingerprint density at radius 3 is 2.00 bits per heavy atom. The molecule has 1 aliphatic heterocycles. The van der Waals surface area contributed by atoms with Crippen molar-refractivity contribution in [2.75, 3.05) is 0 Å². The van der Waals surface area contributed by atoms with Gasteiger partial charge in [-0.25, -0.2) is 0 Å². The number of hydrogen-bond donors (Lipinski definition) is 0. The van der Waals surface area contributed by atoms with Crippen molar-refractivity contribution in [2.45, 2.75) is 21.0 Å². The first kappa shape index (κ1) is 5.16. The van der Waals surface area contributed by atoms with Crippen LogP contribution in [0.5, 0.6) is 0 Å². The molecule has 0 bridgehead atoms. The van der Waals surface area contributed by atoms with Crippen LogP contribution in [0.3, 0.4) is 0 Å². The van der Waals surface area contributed by atoms with E-state index in [9.17, 15) is 0 Å². The molecule has 1 aliphatic rings. The van der Waals surface area contributed by atoms with Crippen LogP contribution < -0.4 is 0 Å². The normalized spacial score (nSPS) is 24.0. The molecule has 1 saturated heterocycles. The van der Waals surface area contributed by atoms with Crippen molar-refractivity contribution in [3.63, 3.8) is 0 Å². The average Bonchev–Trinajstić information content (AvgIpc) is 1.72. The summed E-state index contributed by atoms with van der Waals surface area (Å²) in [6.45, 7) is 0. The maximum absolute atomic E-state index is 1.68. The van der Waals surface area contributed by atoms with Gasteiger partial charge in [0.2, 0.25) is 0 Å². The molecule has 4 radical (unpaired) electrons. The van der Waals surface area contributed by atoms with Crippen LogP contribution in [-0.2, 0) is 0 Å². The first-order valence-electron chi connectivity index (χ1n) is 2.41. The fourth-order valence-corrected chi connectivity index (χ4v) is 8.33. The topological polar surface area (TPSA) is 0 Å². The molecule has 0 aliphatic carbocycles. The van der Waals surface area contributed by atoms with Gasteiger partial charge in [-0.05, 0) is 0 Å². The van der Waals surface area contributed by atoms with Crippen LogP contribution in [-0.4, -0.2) is 30.7 Å². The summed E-state index contributed by atoms with van der Waals surface area (Å²) in [5.74, 6) is 0. The van der Waals surface area contributed by atoms with E-state index in [1.54, 1.807) is 21.0 Å². The zero-order valence-electron chi connectivity index (χ0n) is 3.83. The van der Waals surface area contributed by atoms with Gasteiger partial charge in [0.05, 0.1) is 0 Å². The molecule has 1 fully saturated rings. The Kier molecular flexibility index (Phi) is 2.64. The molecule has 2 heteroatoms. The van der Waals surface area contributed by atoms with Crippen LogP contribution in [0.2, 0.25) is 21.0 Å². The van der Waals surface area contributed by atoms with Gasteiger partial charge >= 0.3 is 51.6 Å². The summed E-state index contributed by atoms with van der Waals surface area (Å²) in [7, 11) is 1.34. The Balaban J connectivity index is 2.00. The van der Waals surface area contributed by atoms with Gasteiger partial charge in [0, 0.05) is 0 Å². The minimum absolute atomic E-state index is 0.293.